The maximum atomic E-state index is 12.9. The van der Waals surface area contributed by atoms with Crippen molar-refractivity contribution in [2.75, 3.05) is 0 Å². The summed E-state index contributed by atoms with van der Waals surface area (Å²) in [5.41, 5.74) is -2.04. The van der Waals surface area contributed by atoms with Crippen molar-refractivity contribution < 1.29 is 73.1 Å². The Morgan fingerprint density at radius 3 is 1.35 bits per heavy atom. The van der Waals surface area contributed by atoms with E-state index >= 15 is 0 Å². The summed E-state index contributed by atoms with van der Waals surface area (Å²) in [7, 11) is 0. The maximum Gasteiger partial charge on any atom is 2.00 e. The van der Waals surface area contributed by atoms with E-state index in [0.717, 1.165) is 62.7 Å². The van der Waals surface area contributed by atoms with E-state index in [-0.39, 0.29) is 39.4 Å². The number of benzene rings is 2. The molecule has 2 aromatic rings. The minimum atomic E-state index is -4.57. The molecule has 0 bridgehead atoms. The van der Waals surface area contributed by atoms with Crippen LogP contribution >= 0.6 is 0 Å². The molecule has 0 heterocycles. The molecule has 1 fully saturated rings. The Morgan fingerprint density at radius 1 is 0.775 bits per heavy atom. The van der Waals surface area contributed by atoms with E-state index in [1.807, 2.05) is 0 Å². The van der Waals surface area contributed by atoms with Gasteiger partial charge in [-0.2, -0.15) is 26.3 Å². The van der Waals surface area contributed by atoms with Crippen LogP contribution in [-0.2, 0) is 38.7 Å². The number of phenols is 2. The number of carboxylic acid groups (broad SMARTS) is 2. The zero-order valence-corrected chi connectivity index (χ0v) is 22.0. The second-order valence-electron chi connectivity index (χ2n) is 8.15. The number of aromatic hydroxyl groups is 2. The zero-order chi connectivity index (χ0) is 30.0. The number of hydrogen-bond donors (Lipinski definition) is 2. The first-order valence-electron chi connectivity index (χ1n) is 11.1. The quantitative estimate of drug-likeness (QED) is 0.397. The van der Waals surface area contributed by atoms with Crippen LogP contribution < -0.4 is 10.2 Å². The molecule has 0 aliphatic heterocycles. The van der Waals surface area contributed by atoms with Gasteiger partial charge in [-0.1, -0.05) is 0 Å². The number of carbonyl (C=O) groups is 2. The van der Waals surface area contributed by atoms with Gasteiger partial charge >= 0.3 is 29.1 Å². The number of nitrogens with zero attached hydrogens (tertiary/aromatic N) is 2. The smallest absolute Gasteiger partial charge is 0.550 e. The molecule has 221 valence electrons. The van der Waals surface area contributed by atoms with Gasteiger partial charge in [-0.15, -0.1) is 0 Å². The van der Waals surface area contributed by atoms with E-state index in [9.17, 15) is 36.6 Å². The molecule has 2 aromatic carbocycles. The molecule has 0 aromatic heterocycles. The van der Waals surface area contributed by atoms with Gasteiger partial charge in [0.1, 0.15) is 11.5 Å². The summed E-state index contributed by atoms with van der Waals surface area (Å²) < 4.78 is 77.2. The second-order valence-corrected chi connectivity index (χ2v) is 8.15. The predicted molar refractivity (Wildman–Crippen MR) is 124 cm³/mol. The van der Waals surface area contributed by atoms with Crippen LogP contribution in [0.1, 0.15) is 55.4 Å². The van der Waals surface area contributed by atoms with Crippen LogP contribution in [0.2, 0.25) is 0 Å². The fourth-order valence-corrected chi connectivity index (χ4v) is 3.29. The summed E-state index contributed by atoms with van der Waals surface area (Å²) in [6.07, 6.45) is -4.98. The van der Waals surface area contributed by atoms with Crippen LogP contribution in [0.3, 0.4) is 0 Å². The monoisotopic (exact) mass is 621 g/mol. The fourth-order valence-electron chi connectivity index (χ4n) is 3.29. The SMILES string of the molecule is CC(=O)[O-].CC(=O)[O-].Oc1ccc(C(F)(F)F)cc1C=NC1CCCC1N=Cc1cc(C(F)(F)F)ccc1O.[Co+2]. The average Bonchev–Trinajstić information content (AvgIpc) is 3.23. The van der Waals surface area contributed by atoms with Crippen LogP contribution in [0.15, 0.2) is 46.4 Å². The molecule has 1 aliphatic rings. The molecule has 40 heavy (non-hydrogen) atoms. The number of aliphatic imine (C=N–C) groups is 2. The standard InChI is InChI=1S/C21H18F6N2O2.2C2H4O2.Co/c22-20(23,24)14-4-6-18(30)12(8-14)10-28-16-2-1-3-17(16)29-11-13-9-15(21(25,26)27)5-7-19(13)31;2*1-2(3)4;/h4-11,16-17,30-31H,1-3H2;2*1H3,(H,3,4);/q;;;+2/p-2. The van der Waals surface area contributed by atoms with Crippen molar-refractivity contribution in [1.82, 2.24) is 0 Å². The van der Waals surface area contributed by atoms with E-state index in [2.05, 4.69) is 9.98 Å². The number of alkyl halides is 6. The number of rotatable bonds is 4. The third-order valence-electron chi connectivity index (χ3n) is 4.96. The molecular formula is C25H24CoF6N2O6. The Morgan fingerprint density at radius 2 is 1.07 bits per heavy atom. The summed E-state index contributed by atoms with van der Waals surface area (Å²) in [5.74, 6) is -2.88. The largest absolute Gasteiger partial charge is 2.00 e. The average molecular weight is 621 g/mol. The van der Waals surface area contributed by atoms with Gasteiger partial charge in [0.05, 0.1) is 23.2 Å². The third kappa shape index (κ3) is 13.0. The molecule has 2 unspecified atom stereocenters. The van der Waals surface area contributed by atoms with E-state index in [0.29, 0.717) is 19.3 Å². The summed E-state index contributed by atoms with van der Waals surface area (Å²) in [6, 6.07) is 4.12. The number of phenolic OH excluding ortho intramolecular Hbond substituents is 2. The van der Waals surface area contributed by atoms with Crippen LogP contribution in [0.4, 0.5) is 26.3 Å². The first-order valence-corrected chi connectivity index (χ1v) is 11.1. The minimum Gasteiger partial charge on any atom is -0.550 e. The summed E-state index contributed by atoms with van der Waals surface area (Å²) >= 11 is 0. The summed E-state index contributed by atoms with van der Waals surface area (Å²) in [6.45, 7) is 1.94. The molecule has 2 N–H and O–H groups in total. The van der Waals surface area contributed by atoms with Gasteiger partial charge in [0.2, 0.25) is 0 Å². The molecule has 1 saturated carbocycles. The maximum absolute atomic E-state index is 12.9. The Bertz CT molecular complexity index is 1100. The summed E-state index contributed by atoms with van der Waals surface area (Å²) in [4.78, 5) is 26.3. The molecule has 3 rings (SSSR count). The third-order valence-corrected chi connectivity index (χ3v) is 4.96. The van der Waals surface area contributed by atoms with Crippen molar-refractivity contribution in [3.63, 3.8) is 0 Å². The number of aliphatic carboxylic acids is 2. The van der Waals surface area contributed by atoms with Crippen molar-refractivity contribution in [3.05, 3.63) is 58.7 Å². The van der Waals surface area contributed by atoms with Crippen LogP contribution in [0.25, 0.3) is 0 Å². The van der Waals surface area contributed by atoms with Gasteiger partial charge in [0, 0.05) is 35.5 Å². The Kier molecular flexibility index (Phi) is 14.4. The van der Waals surface area contributed by atoms with Gasteiger partial charge < -0.3 is 30.0 Å². The van der Waals surface area contributed by atoms with Gasteiger partial charge in [-0.05, 0) is 69.5 Å². The van der Waals surface area contributed by atoms with Gasteiger partial charge in [0.15, 0.2) is 0 Å². The molecule has 0 spiro atoms. The van der Waals surface area contributed by atoms with Crippen molar-refractivity contribution in [2.45, 2.75) is 57.5 Å². The van der Waals surface area contributed by atoms with E-state index in [4.69, 9.17) is 19.8 Å². The molecular weight excluding hydrogens is 597 g/mol. The number of hydrogen-bond acceptors (Lipinski definition) is 8. The molecule has 0 saturated heterocycles. The fraction of sp³-hybridized carbons (Fsp3) is 0.360. The van der Waals surface area contributed by atoms with E-state index in [1.54, 1.807) is 0 Å². The molecule has 1 radical (unpaired) electrons. The van der Waals surface area contributed by atoms with Crippen molar-refractivity contribution in [1.29, 1.82) is 0 Å². The van der Waals surface area contributed by atoms with E-state index < -0.39 is 47.5 Å². The van der Waals surface area contributed by atoms with Gasteiger partial charge in [-0.25, -0.2) is 0 Å². The number of halogens is 6. The van der Waals surface area contributed by atoms with Crippen LogP contribution in [0.5, 0.6) is 11.5 Å². The Labute approximate surface area is 235 Å². The van der Waals surface area contributed by atoms with Crippen molar-refractivity contribution in [3.8, 4) is 11.5 Å². The molecule has 2 atom stereocenters. The summed E-state index contributed by atoms with van der Waals surface area (Å²) in [5, 5.41) is 37.4. The number of carboxylic acids is 2. The second kappa shape index (κ2) is 15.9. The van der Waals surface area contributed by atoms with Crippen molar-refractivity contribution >= 4 is 24.4 Å². The number of carbonyl (C=O) groups excluding carboxylic acids is 2. The minimum absolute atomic E-state index is 0. The molecule has 0 amide bonds. The van der Waals surface area contributed by atoms with Gasteiger partial charge in [-0.3, -0.25) is 9.98 Å². The molecule has 1 aliphatic carbocycles. The molecule has 8 nitrogen and oxygen atoms in total. The Hall–Kier alpha value is -3.59. The van der Waals surface area contributed by atoms with Crippen LogP contribution in [0, 0.1) is 0 Å². The van der Waals surface area contributed by atoms with Crippen LogP contribution in [-0.4, -0.2) is 46.7 Å². The van der Waals surface area contributed by atoms with Crippen molar-refractivity contribution in [2.24, 2.45) is 9.98 Å². The zero-order valence-electron chi connectivity index (χ0n) is 20.9. The topological polar surface area (TPSA) is 145 Å². The predicted octanol–water partition coefficient (Wildman–Crippen LogP) is 3.10. The van der Waals surface area contributed by atoms with E-state index in [1.165, 1.54) is 0 Å². The van der Waals surface area contributed by atoms with Gasteiger partial charge in [0.25, 0.3) is 0 Å². The normalized spacial score (nSPS) is 16.9. The molecule has 15 heteroatoms. The first-order chi connectivity index (χ1) is 17.9. The first kappa shape index (κ1) is 36.4. The Balaban J connectivity index is 0.00000149.